The van der Waals surface area contributed by atoms with E-state index in [0.717, 1.165) is 35.6 Å². The van der Waals surface area contributed by atoms with Gasteiger partial charge < -0.3 is 9.67 Å². The summed E-state index contributed by atoms with van der Waals surface area (Å²) < 4.78 is 45.3. The van der Waals surface area contributed by atoms with E-state index in [4.69, 9.17) is 0 Å². The molecule has 7 nitrogen and oxygen atoms in total. The van der Waals surface area contributed by atoms with Gasteiger partial charge in [-0.1, -0.05) is 29.8 Å². The molecule has 0 amide bonds. The number of aromatic nitrogens is 1. The molecule has 9 heteroatoms. The number of pyridine rings is 1. The molecule has 3 aromatic carbocycles. The molecule has 1 aromatic heterocycles. The minimum atomic E-state index is -3.70. The molecule has 2 aliphatic rings. The molecule has 0 atom stereocenters. The lowest BCUT2D eigenvalue weighted by Gasteiger charge is -2.18. The molecule has 0 bridgehead atoms. The number of sulfonamides is 1. The van der Waals surface area contributed by atoms with E-state index in [9.17, 15) is 23.1 Å². The standard InChI is InChI=1S/C29H25FN2O5S/c1-16-3-9-22(10-4-16)38(36,37)31-13-19-6-5-18(11-20(19)14-31)26-17(2)27-23(12-25(26)30)28(33)24(29(34)35)15-32(27)21-7-8-21/h3-6,9-12,15,21H,7-8,13-14H2,1-2H3,(H,34,35). The smallest absolute Gasteiger partial charge is 0.341 e. The molecule has 1 aliphatic carbocycles. The van der Waals surface area contributed by atoms with Crippen LogP contribution in [0.4, 0.5) is 4.39 Å². The number of aryl methyl sites for hydroxylation is 2. The average Bonchev–Trinajstić information content (AvgIpc) is 3.62. The van der Waals surface area contributed by atoms with E-state index in [-0.39, 0.29) is 35.0 Å². The van der Waals surface area contributed by atoms with Gasteiger partial charge in [0.1, 0.15) is 11.4 Å². The first-order valence-electron chi connectivity index (χ1n) is 12.4. The summed E-state index contributed by atoms with van der Waals surface area (Å²) in [6.45, 7) is 4.03. The zero-order chi connectivity index (χ0) is 26.9. The fraction of sp³-hybridized carbons (Fsp3) is 0.241. The number of nitrogens with zero attached hydrogens (tertiary/aromatic N) is 2. The van der Waals surface area contributed by atoms with Crippen LogP contribution in [0.5, 0.6) is 0 Å². The number of carboxylic acid groups (broad SMARTS) is 1. The molecule has 1 aliphatic heterocycles. The van der Waals surface area contributed by atoms with Gasteiger partial charge in [0.15, 0.2) is 0 Å². The molecule has 0 radical (unpaired) electrons. The molecule has 4 aromatic rings. The summed E-state index contributed by atoms with van der Waals surface area (Å²) in [5.74, 6) is -1.96. The highest BCUT2D eigenvalue weighted by Crippen LogP contribution is 2.41. The van der Waals surface area contributed by atoms with Crippen LogP contribution in [0.3, 0.4) is 0 Å². The third-order valence-corrected chi connectivity index (χ3v) is 9.33. The molecule has 1 fully saturated rings. The Hall–Kier alpha value is -3.82. The van der Waals surface area contributed by atoms with Gasteiger partial charge in [0, 0.05) is 36.3 Å². The van der Waals surface area contributed by atoms with Crippen molar-refractivity contribution >= 4 is 26.9 Å². The van der Waals surface area contributed by atoms with E-state index >= 15 is 4.39 Å². The van der Waals surface area contributed by atoms with Gasteiger partial charge in [-0.05, 0) is 73.2 Å². The van der Waals surface area contributed by atoms with E-state index in [1.54, 1.807) is 41.8 Å². The van der Waals surface area contributed by atoms with Gasteiger partial charge in [-0.3, -0.25) is 4.79 Å². The first-order valence-corrected chi connectivity index (χ1v) is 13.8. The van der Waals surface area contributed by atoms with Crippen LogP contribution in [-0.2, 0) is 23.1 Å². The van der Waals surface area contributed by atoms with Crippen molar-refractivity contribution in [3.8, 4) is 11.1 Å². The monoisotopic (exact) mass is 532 g/mol. The first kappa shape index (κ1) is 24.5. The Morgan fingerprint density at radius 1 is 1.00 bits per heavy atom. The van der Waals surface area contributed by atoms with Crippen LogP contribution in [0.15, 0.2) is 64.4 Å². The fourth-order valence-electron chi connectivity index (χ4n) is 5.38. The molecular weight excluding hydrogens is 507 g/mol. The fourth-order valence-corrected chi connectivity index (χ4v) is 6.77. The Kier molecular flexibility index (Phi) is 5.55. The van der Waals surface area contributed by atoms with Crippen LogP contribution in [0.25, 0.3) is 22.0 Å². The van der Waals surface area contributed by atoms with Gasteiger partial charge in [-0.15, -0.1) is 0 Å². The zero-order valence-electron chi connectivity index (χ0n) is 20.9. The van der Waals surface area contributed by atoms with Gasteiger partial charge in [0.2, 0.25) is 15.5 Å². The van der Waals surface area contributed by atoms with Crippen LogP contribution >= 0.6 is 0 Å². The third-order valence-electron chi connectivity index (χ3n) is 7.53. The number of hydrogen-bond donors (Lipinski definition) is 1. The van der Waals surface area contributed by atoms with Gasteiger partial charge in [-0.2, -0.15) is 4.31 Å². The van der Waals surface area contributed by atoms with E-state index in [1.807, 2.05) is 19.1 Å². The second-order valence-corrected chi connectivity index (χ2v) is 12.1. The summed E-state index contributed by atoms with van der Waals surface area (Å²) in [5.41, 5.74) is 3.50. The molecule has 194 valence electrons. The van der Waals surface area contributed by atoms with Crippen molar-refractivity contribution in [2.24, 2.45) is 0 Å². The summed E-state index contributed by atoms with van der Waals surface area (Å²) in [6, 6.07) is 13.3. The Balaban J connectivity index is 1.44. The number of halogens is 1. The Labute approximate surface area is 218 Å². The number of carboxylic acids is 1. The van der Waals surface area contributed by atoms with Gasteiger partial charge in [0.05, 0.1) is 10.4 Å². The van der Waals surface area contributed by atoms with Crippen LogP contribution < -0.4 is 5.43 Å². The van der Waals surface area contributed by atoms with Gasteiger partial charge in [0.25, 0.3) is 0 Å². The first-order chi connectivity index (χ1) is 18.1. The highest BCUT2D eigenvalue weighted by Gasteiger charge is 2.32. The Morgan fingerprint density at radius 3 is 2.34 bits per heavy atom. The topological polar surface area (TPSA) is 96.7 Å². The van der Waals surface area contributed by atoms with E-state index in [0.29, 0.717) is 22.2 Å². The number of fused-ring (bicyclic) bond motifs is 2. The van der Waals surface area contributed by atoms with Crippen LogP contribution in [0, 0.1) is 19.7 Å². The highest BCUT2D eigenvalue weighted by atomic mass is 32.2. The van der Waals surface area contributed by atoms with E-state index < -0.39 is 27.2 Å². The molecule has 38 heavy (non-hydrogen) atoms. The maximum absolute atomic E-state index is 15.6. The van der Waals surface area contributed by atoms with Crippen LogP contribution in [-0.4, -0.2) is 28.4 Å². The van der Waals surface area contributed by atoms with Gasteiger partial charge >= 0.3 is 5.97 Å². The number of rotatable bonds is 5. The van der Waals surface area contributed by atoms with Crippen molar-refractivity contribution in [1.29, 1.82) is 0 Å². The molecule has 2 heterocycles. The van der Waals surface area contributed by atoms with Crippen LogP contribution in [0.1, 0.15) is 51.5 Å². The minimum absolute atomic E-state index is 0.0482. The number of carbonyl (C=O) groups is 1. The second-order valence-electron chi connectivity index (χ2n) is 10.1. The number of aromatic carboxylic acids is 1. The molecule has 0 unspecified atom stereocenters. The lowest BCUT2D eigenvalue weighted by atomic mass is 9.94. The lowest BCUT2D eigenvalue weighted by molar-refractivity contribution is 0.0694. The van der Waals surface area contributed by atoms with Crippen molar-refractivity contribution in [3.05, 3.63) is 98.6 Å². The molecule has 1 N–H and O–H groups in total. The zero-order valence-corrected chi connectivity index (χ0v) is 21.7. The molecule has 0 spiro atoms. The maximum atomic E-state index is 15.6. The summed E-state index contributed by atoms with van der Waals surface area (Å²) in [4.78, 5) is 24.8. The Morgan fingerprint density at radius 2 is 1.68 bits per heavy atom. The summed E-state index contributed by atoms with van der Waals surface area (Å²) in [5, 5.41) is 9.57. The second kappa shape index (κ2) is 8.61. The quantitative estimate of drug-likeness (QED) is 0.383. The Bertz CT molecular complexity index is 1820. The van der Waals surface area contributed by atoms with E-state index in [2.05, 4.69) is 0 Å². The largest absolute Gasteiger partial charge is 0.477 e. The predicted octanol–water partition coefficient (Wildman–Crippen LogP) is 5.16. The average molecular weight is 533 g/mol. The normalized spacial score (nSPS) is 15.7. The number of benzene rings is 3. The van der Waals surface area contributed by atoms with Crippen molar-refractivity contribution in [2.75, 3.05) is 0 Å². The van der Waals surface area contributed by atoms with Gasteiger partial charge in [-0.25, -0.2) is 17.6 Å². The van der Waals surface area contributed by atoms with Crippen molar-refractivity contribution in [3.63, 3.8) is 0 Å². The molecular formula is C29H25FN2O5S. The summed E-state index contributed by atoms with van der Waals surface area (Å²) in [7, 11) is -3.70. The predicted molar refractivity (Wildman–Crippen MR) is 141 cm³/mol. The SMILES string of the molecule is Cc1ccc(S(=O)(=O)N2Cc3ccc(-c4c(F)cc5c(=O)c(C(=O)O)cn(C6CC6)c5c4C)cc3C2)cc1. The third kappa shape index (κ3) is 3.85. The minimum Gasteiger partial charge on any atom is -0.477 e. The lowest BCUT2D eigenvalue weighted by Crippen LogP contribution is -2.25. The van der Waals surface area contributed by atoms with Crippen molar-refractivity contribution in [1.82, 2.24) is 8.87 Å². The number of hydrogen-bond acceptors (Lipinski definition) is 4. The molecule has 1 saturated carbocycles. The highest BCUT2D eigenvalue weighted by molar-refractivity contribution is 7.89. The van der Waals surface area contributed by atoms with Crippen molar-refractivity contribution in [2.45, 2.75) is 50.7 Å². The van der Waals surface area contributed by atoms with Crippen LogP contribution in [0.2, 0.25) is 0 Å². The van der Waals surface area contributed by atoms with Crippen molar-refractivity contribution < 1.29 is 22.7 Å². The summed E-state index contributed by atoms with van der Waals surface area (Å²) >= 11 is 0. The maximum Gasteiger partial charge on any atom is 0.341 e. The summed E-state index contributed by atoms with van der Waals surface area (Å²) in [6.07, 6.45) is 3.08. The van der Waals surface area contributed by atoms with E-state index in [1.165, 1.54) is 10.5 Å². The molecule has 6 rings (SSSR count). The molecule has 0 saturated heterocycles.